The third-order valence-electron chi connectivity index (χ3n) is 5.66. The molecule has 6 heteroatoms. The monoisotopic (exact) mass is 380 g/mol. The molecule has 0 radical (unpaired) electrons. The minimum absolute atomic E-state index is 0.135. The van der Waals surface area contributed by atoms with E-state index in [2.05, 4.69) is 23.1 Å². The molecule has 0 N–H and O–H groups in total. The highest BCUT2D eigenvalue weighted by molar-refractivity contribution is 7.88. The maximum absolute atomic E-state index is 11.9. The summed E-state index contributed by atoms with van der Waals surface area (Å²) in [7, 11) is -3.12. The van der Waals surface area contributed by atoms with Crippen LogP contribution in [0.5, 0.6) is 5.75 Å². The lowest BCUT2D eigenvalue weighted by Gasteiger charge is -2.37. The van der Waals surface area contributed by atoms with Gasteiger partial charge in [-0.15, -0.1) is 0 Å². The van der Waals surface area contributed by atoms with Gasteiger partial charge in [0.15, 0.2) is 0 Å². The topological polar surface area (TPSA) is 49.9 Å². The Morgan fingerprint density at radius 3 is 2.38 bits per heavy atom. The van der Waals surface area contributed by atoms with Crippen LogP contribution in [0.3, 0.4) is 0 Å². The lowest BCUT2D eigenvalue weighted by atomic mass is 10.0. The fourth-order valence-corrected chi connectivity index (χ4v) is 5.53. The molecule has 1 aliphatic heterocycles. The van der Waals surface area contributed by atoms with Gasteiger partial charge >= 0.3 is 0 Å². The number of piperidine rings is 1. The number of sulfonamides is 1. The van der Waals surface area contributed by atoms with Crippen LogP contribution in [0.4, 0.5) is 0 Å². The minimum Gasteiger partial charge on any atom is -0.490 e. The molecule has 0 spiro atoms. The summed E-state index contributed by atoms with van der Waals surface area (Å²) in [5.41, 5.74) is 1.24. The summed E-state index contributed by atoms with van der Waals surface area (Å²) in [6.07, 6.45) is 8.35. The van der Waals surface area contributed by atoms with E-state index in [0.29, 0.717) is 12.6 Å². The second kappa shape index (κ2) is 8.72. The predicted octanol–water partition coefficient (Wildman–Crippen LogP) is 3.25. The van der Waals surface area contributed by atoms with Crippen molar-refractivity contribution < 1.29 is 13.2 Å². The molecule has 0 atom stereocenters. The highest BCUT2D eigenvalue weighted by Crippen LogP contribution is 2.28. The molecule has 0 amide bonds. The van der Waals surface area contributed by atoms with Crippen LogP contribution in [-0.4, -0.2) is 55.7 Å². The Labute approximate surface area is 158 Å². The van der Waals surface area contributed by atoms with Gasteiger partial charge in [-0.25, -0.2) is 8.42 Å². The van der Waals surface area contributed by atoms with Gasteiger partial charge in [0.05, 0.1) is 12.4 Å². The smallest absolute Gasteiger partial charge is 0.211 e. The zero-order valence-corrected chi connectivity index (χ0v) is 16.9. The van der Waals surface area contributed by atoms with Gasteiger partial charge in [0.25, 0.3) is 0 Å². The standard InChI is InChI=1S/C20H32N2O3S/c1-3-22(26(2,23)24)18-12-14-21(15-13-18)16-17-8-4-7-11-20(17)25-19-9-5-6-10-19/h4,7-8,11,18-19H,3,5-6,9-10,12-16H2,1-2H3. The fourth-order valence-electron chi connectivity index (χ4n) is 4.31. The molecule has 2 fully saturated rings. The summed E-state index contributed by atoms with van der Waals surface area (Å²) in [6, 6.07) is 8.50. The fraction of sp³-hybridized carbons (Fsp3) is 0.700. The lowest BCUT2D eigenvalue weighted by molar-refractivity contribution is 0.152. The third-order valence-corrected chi connectivity index (χ3v) is 7.07. The molecule has 1 aromatic rings. The molecule has 1 saturated carbocycles. The molecule has 0 bridgehead atoms. The van der Waals surface area contributed by atoms with Crippen molar-refractivity contribution in [2.45, 2.75) is 64.1 Å². The molecular weight excluding hydrogens is 348 g/mol. The van der Waals surface area contributed by atoms with Crippen molar-refractivity contribution in [3.63, 3.8) is 0 Å². The molecule has 1 saturated heterocycles. The number of rotatable bonds is 7. The number of hydrogen-bond donors (Lipinski definition) is 0. The maximum Gasteiger partial charge on any atom is 0.211 e. The molecule has 1 aromatic carbocycles. The van der Waals surface area contributed by atoms with Gasteiger partial charge in [-0.1, -0.05) is 25.1 Å². The Morgan fingerprint density at radius 1 is 1.12 bits per heavy atom. The van der Waals surface area contributed by atoms with Gasteiger partial charge in [-0.2, -0.15) is 4.31 Å². The molecule has 146 valence electrons. The van der Waals surface area contributed by atoms with E-state index >= 15 is 0 Å². The van der Waals surface area contributed by atoms with Crippen molar-refractivity contribution in [3.05, 3.63) is 29.8 Å². The largest absolute Gasteiger partial charge is 0.490 e. The van der Waals surface area contributed by atoms with Crippen molar-refractivity contribution in [3.8, 4) is 5.75 Å². The molecule has 0 unspecified atom stereocenters. The normalized spacial score (nSPS) is 20.7. The van der Waals surface area contributed by atoms with E-state index in [1.54, 1.807) is 4.31 Å². The van der Waals surface area contributed by atoms with E-state index in [0.717, 1.165) is 51.1 Å². The van der Waals surface area contributed by atoms with Crippen LogP contribution in [0.2, 0.25) is 0 Å². The summed E-state index contributed by atoms with van der Waals surface area (Å²) in [5, 5.41) is 0. The van der Waals surface area contributed by atoms with Gasteiger partial charge in [-0.05, 0) is 44.6 Å². The first-order valence-corrected chi connectivity index (χ1v) is 11.8. The van der Waals surface area contributed by atoms with Crippen molar-refractivity contribution >= 4 is 10.0 Å². The molecule has 1 heterocycles. The summed E-state index contributed by atoms with van der Waals surface area (Å²) < 4.78 is 31.8. The van der Waals surface area contributed by atoms with Crippen LogP contribution in [0, 0.1) is 0 Å². The Bertz CT molecular complexity index is 678. The quantitative estimate of drug-likeness (QED) is 0.729. The Morgan fingerprint density at radius 2 is 1.77 bits per heavy atom. The van der Waals surface area contributed by atoms with Crippen LogP contribution >= 0.6 is 0 Å². The highest BCUT2D eigenvalue weighted by atomic mass is 32.2. The SMILES string of the molecule is CCN(C1CCN(Cc2ccccc2OC2CCCC2)CC1)S(C)(=O)=O. The van der Waals surface area contributed by atoms with E-state index in [4.69, 9.17) is 4.74 Å². The summed E-state index contributed by atoms with van der Waals surface area (Å²) >= 11 is 0. The Kier molecular flexibility index (Phi) is 6.59. The molecule has 3 rings (SSSR count). The average Bonchev–Trinajstić information content (AvgIpc) is 3.11. The summed E-state index contributed by atoms with van der Waals surface area (Å²) in [4.78, 5) is 2.42. The number of hydrogen-bond acceptors (Lipinski definition) is 4. The lowest BCUT2D eigenvalue weighted by Crippen LogP contribution is -2.46. The van der Waals surface area contributed by atoms with Crippen LogP contribution < -0.4 is 4.74 Å². The number of ether oxygens (including phenoxy) is 1. The van der Waals surface area contributed by atoms with Gasteiger partial charge in [0, 0.05) is 37.8 Å². The second-order valence-electron chi connectivity index (χ2n) is 7.61. The highest BCUT2D eigenvalue weighted by Gasteiger charge is 2.29. The molecule has 5 nitrogen and oxygen atoms in total. The number of benzene rings is 1. The van der Waals surface area contributed by atoms with Crippen LogP contribution in [0.1, 0.15) is 51.0 Å². The van der Waals surface area contributed by atoms with E-state index in [1.165, 1.54) is 24.7 Å². The van der Waals surface area contributed by atoms with E-state index in [9.17, 15) is 8.42 Å². The van der Waals surface area contributed by atoms with Crippen LogP contribution in [-0.2, 0) is 16.6 Å². The number of para-hydroxylation sites is 1. The Balaban J connectivity index is 1.58. The maximum atomic E-state index is 11.9. The van der Waals surface area contributed by atoms with E-state index < -0.39 is 10.0 Å². The first kappa shape index (κ1) is 19.6. The van der Waals surface area contributed by atoms with E-state index in [1.807, 2.05) is 13.0 Å². The van der Waals surface area contributed by atoms with Crippen molar-refractivity contribution in [1.29, 1.82) is 0 Å². The summed E-state index contributed by atoms with van der Waals surface area (Å²) in [5.74, 6) is 1.02. The van der Waals surface area contributed by atoms with Crippen LogP contribution in [0.15, 0.2) is 24.3 Å². The zero-order chi connectivity index (χ0) is 18.6. The van der Waals surface area contributed by atoms with Crippen molar-refractivity contribution in [2.24, 2.45) is 0 Å². The zero-order valence-electron chi connectivity index (χ0n) is 16.1. The molecule has 0 aromatic heterocycles. The molecule has 26 heavy (non-hydrogen) atoms. The number of nitrogens with zero attached hydrogens (tertiary/aromatic N) is 2. The predicted molar refractivity (Wildman–Crippen MR) is 105 cm³/mol. The van der Waals surface area contributed by atoms with Gasteiger partial charge < -0.3 is 4.74 Å². The average molecular weight is 381 g/mol. The van der Waals surface area contributed by atoms with Gasteiger partial charge in [0.1, 0.15) is 5.75 Å². The first-order chi connectivity index (χ1) is 12.5. The van der Waals surface area contributed by atoms with Crippen LogP contribution in [0.25, 0.3) is 0 Å². The Hall–Kier alpha value is -1.11. The molecular formula is C20H32N2O3S. The second-order valence-corrected chi connectivity index (χ2v) is 9.54. The van der Waals surface area contributed by atoms with Gasteiger partial charge in [-0.3, -0.25) is 4.90 Å². The molecule has 1 aliphatic carbocycles. The van der Waals surface area contributed by atoms with Crippen molar-refractivity contribution in [2.75, 3.05) is 25.9 Å². The number of likely N-dealkylation sites (tertiary alicyclic amines) is 1. The third kappa shape index (κ3) is 4.99. The van der Waals surface area contributed by atoms with E-state index in [-0.39, 0.29) is 6.04 Å². The van der Waals surface area contributed by atoms with Gasteiger partial charge in [0.2, 0.25) is 10.0 Å². The molecule has 2 aliphatic rings. The minimum atomic E-state index is -3.12. The first-order valence-electron chi connectivity index (χ1n) is 9.91. The summed E-state index contributed by atoms with van der Waals surface area (Å²) in [6.45, 7) is 5.20. The van der Waals surface area contributed by atoms with Crippen molar-refractivity contribution in [1.82, 2.24) is 9.21 Å².